The molecule has 4 heterocycles. The van der Waals surface area contributed by atoms with Crippen LogP contribution in [0.1, 0.15) is 15.4 Å². The fourth-order valence-electron chi connectivity index (χ4n) is 3.50. The van der Waals surface area contributed by atoms with Gasteiger partial charge in [0.05, 0.1) is 6.54 Å². The first-order valence-corrected chi connectivity index (χ1v) is 8.37. The summed E-state index contributed by atoms with van der Waals surface area (Å²) in [6.07, 6.45) is 2.01. The number of aromatic nitrogens is 1. The molecule has 4 rings (SSSR count). The van der Waals surface area contributed by atoms with Crippen molar-refractivity contribution in [1.82, 2.24) is 14.8 Å². The summed E-state index contributed by atoms with van der Waals surface area (Å²) < 4.78 is 2.07. The predicted molar refractivity (Wildman–Crippen MR) is 90.9 cm³/mol. The van der Waals surface area contributed by atoms with E-state index in [0.29, 0.717) is 11.8 Å². The molecule has 0 radical (unpaired) electrons. The topological polar surface area (TPSA) is 37.3 Å². The Labute approximate surface area is 140 Å². The molecule has 0 spiro atoms. The number of carbonyl (C=O) groups excluding carboxylic acids is 1. The molecule has 0 aliphatic carbocycles. The molecule has 4 nitrogen and oxygen atoms in total. The quantitative estimate of drug-likeness (QED) is 0.933. The molecule has 2 aromatic rings. The van der Waals surface area contributed by atoms with Crippen LogP contribution in [0.5, 0.6) is 0 Å². The van der Waals surface area contributed by atoms with E-state index in [1.54, 1.807) is 11.3 Å². The van der Waals surface area contributed by atoms with E-state index in [1.807, 2.05) is 23.2 Å². The number of rotatable bonds is 3. The first kappa shape index (κ1) is 15.6. The largest absolute Gasteiger partial charge is 0.338 e. The lowest BCUT2D eigenvalue weighted by molar-refractivity contribution is 0.0771. The number of fused-ring (bicyclic) bond motifs is 1. The Morgan fingerprint density at radius 1 is 1.23 bits per heavy atom. The molecule has 2 aromatic heterocycles. The Balaban J connectivity index is 0.00000144. The highest BCUT2D eigenvalue weighted by Crippen LogP contribution is 2.27. The molecule has 0 unspecified atom stereocenters. The number of halogens is 1. The van der Waals surface area contributed by atoms with Crippen LogP contribution in [0.15, 0.2) is 35.8 Å². The average Bonchev–Trinajstić information content (AvgIpc) is 3.23. The van der Waals surface area contributed by atoms with Crippen molar-refractivity contribution in [3.63, 3.8) is 0 Å². The van der Waals surface area contributed by atoms with Crippen molar-refractivity contribution >= 4 is 29.7 Å². The Morgan fingerprint density at radius 2 is 2.00 bits per heavy atom. The molecule has 2 saturated heterocycles. The summed E-state index contributed by atoms with van der Waals surface area (Å²) in [5.74, 6) is 1.48. The highest BCUT2D eigenvalue weighted by atomic mass is 35.5. The molecule has 2 fully saturated rings. The number of amides is 1. The van der Waals surface area contributed by atoms with E-state index < -0.39 is 0 Å². The average molecular weight is 338 g/mol. The van der Waals surface area contributed by atoms with Gasteiger partial charge in [0.2, 0.25) is 0 Å². The standard InChI is InChI=1S/C16H19N3OS.ClH/c20-16(19-9-12-7-17-8-13(12)10-19)15-4-1-5-18(15)11-14-3-2-6-21-14;/h1-6,12-13,17H,7-11H2;1H/t12-,13+;. The van der Waals surface area contributed by atoms with Gasteiger partial charge in [-0.1, -0.05) is 6.07 Å². The lowest BCUT2D eigenvalue weighted by Crippen LogP contribution is -2.33. The molecule has 0 saturated carbocycles. The summed E-state index contributed by atoms with van der Waals surface area (Å²) in [6.45, 7) is 4.71. The van der Waals surface area contributed by atoms with Crippen LogP contribution in [0.25, 0.3) is 0 Å². The molecular formula is C16H20ClN3OS. The number of likely N-dealkylation sites (tertiary alicyclic amines) is 1. The van der Waals surface area contributed by atoms with Crippen molar-refractivity contribution < 1.29 is 4.79 Å². The van der Waals surface area contributed by atoms with Gasteiger partial charge in [-0.25, -0.2) is 0 Å². The van der Waals surface area contributed by atoms with Crippen LogP contribution >= 0.6 is 23.7 Å². The summed E-state index contributed by atoms with van der Waals surface area (Å²) in [6, 6.07) is 8.09. The fourth-order valence-corrected chi connectivity index (χ4v) is 4.20. The van der Waals surface area contributed by atoms with Crippen LogP contribution in [0.2, 0.25) is 0 Å². The Kier molecular flexibility index (Phi) is 4.57. The van der Waals surface area contributed by atoms with Gasteiger partial charge in [0, 0.05) is 37.3 Å². The number of thiophene rings is 1. The van der Waals surface area contributed by atoms with Gasteiger partial charge in [0.15, 0.2) is 0 Å². The first-order chi connectivity index (χ1) is 10.3. The van der Waals surface area contributed by atoms with Crippen LogP contribution in [-0.4, -0.2) is 41.6 Å². The predicted octanol–water partition coefficient (Wildman–Crippen LogP) is 2.31. The summed E-state index contributed by atoms with van der Waals surface area (Å²) in [4.78, 5) is 16.1. The fraction of sp³-hybridized carbons (Fsp3) is 0.438. The molecular weight excluding hydrogens is 318 g/mol. The van der Waals surface area contributed by atoms with E-state index in [4.69, 9.17) is 0 Å². The molecule has 22 heavy (non-hydrogen) atoms. The monoisotopic (exact) mass is 337 g/mol. The third-order valence-electron chi connectivity index (χ3n) is 4.63. The van der Waals surface area contributed by atoms with E-state index in [0.717, 1.165) is 38.4 Å². The Morgan fingerprint density at radius 3 is 2.68 bits per heavy atom. The summed E-state index contributed by atoms with van der Waals surface area (Å²) in [5, 5.41) is 5.50. The van der Waals surface area contributed by atoms with Gasteiger partial charge in [-0.2, -0.15) is 0 Å². The van der Waals surface area contributed by atoms with Crippen LogP contribution < -0.4 is 5.32 Å². The second-order valence-corrected chi connectivity index (χ2v) is 7.02. The van der Waals surface area contributed by atoms with E-state index >= 15 is 0 Å². The molecule has 0 bridgehead atoms. The summed E-state index contributed by atoms with van der Waals surface area (Å²) in [5.41, 5.74) is 0.816. The van der Waals surface area contributed by atoms with Crippen LogP contribution in [0.4, 0.5) is 0 Å². The van der Waals surface area contributed by atoms with Gasteiger partial charge in [0.1, 0.15) is 5.69 Å². The third kappa shape index (κ3) is 2.81. The van der Waals surface area contributed by atoms with Crippen LogP contribution in [0, 0.1) is 11.8 Å². The first-order valence-electron chi connectivity index (χ1n) is 7.49. The van der Waals surface area contributed by atoms with Gasteiger partial charge < -0.3 is 14.8 Å². The maximum absolute atomic E-state index is 12.8. The number of nitrogens with zero attached hydrogens (tertiary/aromatic N) is 2. The van der Waals surface area contributed by atoms with Crippen molar-refractivity contribution in [3.05, 3.63) is 46.4 Å². The van der Waals surface area contributed by atoms with Gasteiger partial charge in [-0.3, -0.25) is 4.79 Å². The lowest BCUT2D eigenvalue weighted by Gasteiger charge is -2.18. The molecule has 1 amide bonds. The van der Waals surface area contributed by atoms with E-state index in [-0.39, 0.29) is 18.3 Å². The second kappa shape index (κ2) is 6.44. The number of carbonyl (C=O) groups is 1. The maximum Gasteiger partial charge on any atom is 0.270 e. The van der Waals surface area contributed by atoms with Crippen LogP contribution in [-0.2, 0) is 6.54 Å². The minimum atomic E-state index is 0. The van der Waals surface area contributed by atoms with E-state index in [9.17, 15) is 4.79 Å². The zero-order chi connectivity index (χ0) is 14.2. The van der Waals surface area contributed by atoms with Crippen molar-refractivity contribution in [1.29, 1.82) is 0 Å². The molecule has 2 aliphatic heterocycles. The molecule has 1 N–H and O–H groups in total. The smallest absolute Gasteiger partial charge is 0.270 e. The van der Waals surface area contributed by atoms with Crippen LogP contribution in [0.3, 0.4) is 0 Å². The normalized spacial score (nSPS) is 23.4. The lowest BCUT2D eigenvalue weighted by atomic mass is 10.0. The number of hydrogen-bond donors (Lipinski definition) is 1. The molecule has 0 aromatic carbocycles. The number of nitrogens with one attached hydrogen (secondary N) is 1. The maximum atomic E-state index is 12.8. The van der Waals surface area contributed by atoms with Gasteiger partial charge >= 0.3 is 0 Å². The SMILES string of the molecule is Cl.O=C(c1cccn1Cc1cccs1)N1C[C@H]2CNC[C@H]2C1. The zero-order valence-electron chi connectivity index (χ0n) is 12.3. The van der Waals surface area contributed by atoms with Gasteiger partial charge in [0.25, 0.3) is 5.91 Å². The van der Waals surface area contributed by atoms with Crippen molar-refractivity contribution in [2.24, 2.45) is 11.8 Å². The second-order valence-electron chi connectivity index (χ2n) is 5.99. The van der Waals surface area contributed by atoms with Gasteiger partial charge in [-0.05, 0) is 35.4 Å². The molecule has 2 atom stereocenters. The molecule has 118 valence electrons. The Hall–Kier alpha value is -1.30. The third-order valence-corrected chi connectivity index (χ3v) is 5.49. The Bertz CT molecular complexity index is 628. The van der Waals surface area contributed by atoms with Gasteiger partial charge in [-0.15, -0.1) is 23.7 Å². The summed E-state index contributed by atoms with van der Waals surface area (Å²) >= 11 is 1.73. The highest BCUT2D eigenvalue weighted by molar-refractivity contribution is 7.09. The van der Waals surface area contributed by atoms with Crippen molar-refractivity contribution in [3.8, 4) is 0 Å². The number of hydrogen-bond acceptors (Lipinski definition) is 3. The highest BCUT2D eigenvalue weighted by Gasteiger charge is 2.38. The van der Waals surface area contributed by atoms with E-state index in [1.165, 1.54) is 4.88 Å². The minimum absolute atomic E-state index is 0. The zero-order valence-corrected chi connectivity index (χ0v) is 13.9. The summed E-state index contributed by atoms with van der Waals surface area (Å²) in [7, 11) is 0. The van der Waals surface area contributed by atoms with E-state index in [2.05, 4.69) is 27.4 Å². The van der Waals surface area contributed by atoms with Crippen molar-refractivity contribution in [2.75, 3.05) is 26.2 Å². The molecule has 6 heteroatoms. The molecule has 2 aliphatic rings. The van der Waals surface area contributed by atoms with Crippen molar-refractivity contribution in [2.45, 2.75) is 6.54 Å². The minimum Gasteiger partial charge on any atom is -0.338 e.